The Morgan fingerprint density at radius 2 is 1.93 bits per heavy atom. The molecule has 1 rings (SSSR count). The van der Waals surface area contributed by atoms with Crippen LogP contribution in [0.2, 0.25) is 0 Å². The van der Waals surface area contributed by atoms with Gasteiger partial charge in [0.1, 0.15) is 5.75 Å². The van der Waals surface area contributed by atoms with Crippen molar-refractivity contribution < 1.29 is 13.9 Å². The van der Waals surface area contributed by atoms with Crippen molar-refractivity contribution in [1.29, 1.82) is 0 Å². The average molecular weight is 215 g/mol. The Kier molecular flexibility index (Phi) is 4.03. The second kappa shape index (κ2) is 5.07. The minimum absolute atomic E-state index is 0.144. The summed E-state index contributed by atoms with van der Waals surface area (Å²) in [7, 11) is 0. The van der Waals surface area contributed by atoms with E-state index < -0.39 is 12.5 Å². The smallest absolute Gasteiger partial charge is 0.253 e. The van der Waals surface area contributed by atoms with Gasteiger partial charge in [0, 0.05) is 6.04 Å². The zero-order valence-electron chi connectivity index (χ0n) is 8.74. The minimum atomic E-state index is -2.38. The Hall–Kier alpha value is -1.16. The van der Waals surface area contributed by atoms with Gasteiger partial charge >= 0.3 is 0 Å². The molecule has 15 heavy (non-hydrogen) atoms. The maximum absolute atomic E-state index is 12.3. The fourth-order valence-corrected chi connectivity index (χ4v) is 1.36. The molecule has 0 aliphatic heterocycles. The molecule has 1 aromatic rings. The Morgan fingerprint density at radius 3 is 2.47 bits per heavy atom. The quantitative estimate of drug-likeness (QED) is 0.809. The summed E-state index contributed by atoms with van der Waals surface area (Å²) < 4.78 is 24.5. The molecule has 0 fully saturated rings. The number of halogens is 2. The Morgan fingerprint density at radius 1 is 1.27 bits per heavy atom. The molecule has 1 aromatic carbocycles. The fourth-order valence-electron chi connectivity index (χ4n) is 1.36. The van der Waals surface area contributed by atoms with E-state index in [-0.39, 0.29) is 11.8 Å². The Bertz CT molecular complexity index is 317. The van der Waals surface area contributed by atoms with Crippen LogP contribution >= 0.6 is 0 Å². The average Bonchev–Trinajstić information content (AvgIpc) is 2.17. The van der Waals surface area contributed by atoms with Crippen molar-refractivity contribution in [3.8, 4) is 5.75 Å². The van der Waals surface area contributed by atoms with Gasteiger partial charge < -0.3 is 10.4 Å². The lowest BCUT2D eigenvalue weighted by molar-refractivity contribution is 0.101. The van der Waals surface area contributed by atoms with E-state index >= 15 is 0 Å². The standard InChI is InChI=1S/C11H15F2NO/c1-7(14-8(2)11(12)13)9-4-3-5-10(15)6-9/h3-8,11,14-15H,1-2H3. The van der Waals surface area contributed by atoms with Crippen LogP contribution in [0.5, 0.6) is 5.75 Å². The monoisotopic (exact) mass is 215 g/mol. The number of hydrogen-bond donors (Lipinski definition) is 2. The molecule has 0 saturated carbocycles. The first kappa shape index (κ1) is 11.9. The first-order chi connectivity index (χ1) is 7.00. The number of alkyl halides is 2. The van der Waals surface area contributed by atoms with E-state index in [0.29, 0.717) is 0 Å². The molecule has 2 nitrogen and oxygen atoms in total. The van der Waals surface area contributed by atoms with E-state index in [4.69, 9.17) is 0 Å². The third-order valence-electron chi connectivity index (χ3n) is 2.26. The van der Waals surface area contributed by atoms with Crippen LogP contribution < -0.4 is 5.32 Å². The molecule has 0 amide bonds. The zero-order chi connectivity index (χ0) is 11.4. The summed E-state index contributed by atoms with van der Waals surface area (Å²) in [6, 6.07) is 5.53. The molecule has 0 bridgehead atoms. The van der Waals surface area contributed by atoms with E-state index in [0.717, 1.165) is 5.56 Å². The number of nitrogens with one attached hydrogen (secondary N) is 1. The second-order valence-corrected chi connectivity index (χ2v) is 3.61. The van der Waals surface area contributed by atoms with Crippen molar-refractivity contribution in [3.05, 3.63) is 29.8 Å². The highest BCUT2D eigenvalue weighted by Gasteiger charge is 2.17. The number of benzene rings is 1. The molecule has 0 aliphatic rings. The van der Waals surface area contributed by atoms with E-state index in [1.807, 2.05) is 0 Å². The molecule has 0 saturated heterocycles. The highest BCUT2D eigenvalue weighted by atomic mass is 19.3. The van der Waals surface area contributed by atoms with E-state index in [1.54, 1.807) is 31.2 Å². The lowest BCUT2D eigenvalue weighted by atomic mass is 10.1. The van der Waals surface area contributed by atoms with Gasteiger partial charge in [-0.3, -0.25) is 0 Å². The van der Waals surface area contributed by atoms with Crippen LogP contribution in [0.15, 0.2) is 24.3 Å². The van der Waals surface area contributed by atoms with Gasteiger partial charge in [-0.1, -0.05) is 12.1 Å². The van der Waals surface area contributed by atoms with Crippen LogP contribution in [0, 0.1) is 0 Å². The predicted molar refractivity (Wildman–Crippen MR) is 55.1 cm³/mol. The van der Waals surface area contributed by atoms with Gasteiger partial charge in [0.25, 0.3) is 6.43 Å². The van der Waals surface area contributed by atoms with Gasteiger partial charge in [-0.25, -0.2) is 8.78 Å². The summed E-state index contributed by atoms with van der Waals surface area (Å²) in [6.07, 6.45) is -2.38. The maximum atomic E-state index is 12.3. The maximum Gasteiger partial charge on any atom is 0.253 e. The van der Waals surface area contributed by atoms with Crippen molar-refractivity contribution in [3.63, 3.8) is 0 Å². The van der Waals surface area contributed by atoms with Gasteiger partial charge in [0.05, 0.1) is 6.04 Å². The third-order valence-corrected chi connectivity index (χ3v) is 2.26. The highest BCUT2D eigenvalue weighted by molar-refractivity contribution is 5.29. The van der Waals surface area contributed by atoms with Crippen LogP contribution in [0.3, 0.4) is 0 Å². The number of aromatic hydroxyl groups is 1. The number of phenols is 1. The molecular weight excluding hydrogens is 200 g/mol. The Labute approximate surface area is 87.9 Å². The first-order valence-corrected chi connectivity index (χ1v) is 4.84. The molecule has 2 atom stereocenters. The largest absolute Gasteiger partial charge is 0.508 e. The molecule has 0 spiro atoms. The van der Waals surface area contributed by atoms with E-state index in [9.17, 15) is 13.9 Å². The van der Waals surface area contributed by atoms with Crippen molar-refractivity contribution in [1.82, 2.24) is 5.32 Å². The molecule has 4 heteroatoms. The SMILES string of the molecule is CC(NC(C)C(F)F)c1cccc(O)c1. The van der Waals surface area contributed by atoms with Gasteiger partial charge in [-0.15, -0.1) is 0 Å². The summed E-state index contributed by atoms with van der Waals surface area (Å²) in [5, 5.41) is 12.0. The van der Waals surface area contributed by atoms with Crippen molar-refractivity contribution in [2.45, 2.75) is 32.4 Å². The summed E-state index contributed by atoms with van der Waals surface area (Å²) in [6.45, 7) is 3.22. The number of rotatable bonds is 4. The third kappa shape index (κ3) is 3.47. The van der Waals surface area contributed by atoms with Gasteiger partial charge in [0.2, 0.25) is 0 Å². The molecule has 84 valence electrons. The minimum Gasteiger partial charge on any atom is -0.508 e. The van der Waals surface area contributed by atoms with Gasteiger partial charge in [-0.2, -0.15) is 0 Å². The predicted octanol–water partition coefficient (Wildman–Crippen LogP) is 2.70. The lowest BCUT2D eigenvalue weighted by Crippen LogP contribution is -2.34. The summed E-state index contributed by atoms with van der Waals surface area (Å²) >= 11 is 0. The van der Waals surface area contributed by atoms with Crippen LogP contribution in [0.25, 0.3) is 0 Å². The molecular formula is C11H15F2NO. The molecule has 0 heterocycles. The van der Waals surface area contributed by atoms with Crippen LogP contribution in [-0.4, -0.2) is 17.6 Å². The van der Waals surface area contributed by atoms with Gasteiger partial charge in [-0.05, 0) is 31.5 Å². The lowest BCUT2D eigenvalue weighted by Gasteiger charge is -2.19. The van der Waals surface area contributed by atoms with E-state index in [1.165, 1.54) is 6.92 Å². The normalized spacial score (nSPS) is 15.3. The summed E-state index contributed by atoms with van der Waals surface area (Å²) in [5.74, 6) is 0.144. The van der Waals surface area contributed by atoms with E-state index in [2.05, 4.69) is 5.32 Å². The molecule has 0 radical (unpaired) electrons. The molecule has 0 aliphatic carbocycles. The topological polar surface area (TPSA) is 32.3 Å². The van der Waals surface area contributed by atoms with Gasteiger partial charge in [0.15, 0.2) is 0 Å². The van der Waals surface area contributed by atoms with Crippen molar-refractivity contribution in [2.24, 2.45) is 0 Å². The van der Waals surface area contributed by atoms with Crippen molar-refractivity contribution >= 4 is 0 Å². The fraction of sp³-hybridized carbons (Fsp3) is 0.455. The number of hydrogen-bond acceptors (Lipinski definition) is 2. The van der Waals surface area contributed by atoms with Crippen LogP contribution in [-0.2, 0) is 0 Å². The molecule has 2 unspecified atom stereocenters. The zero-order valence-corrected chi connectivity index (χ0v) is 8.74. The summed E-state index contributed by atoms with van der Waals surface area (Å²) in [4.78, 5) is 0. The second-order valence-electron chi connectivity index (χ2n) is 3.61. The molecule has 0 aromatic heterocycles. The van der Waals surface area contributed by atoms with Crippen LogP contribution in [0.1, 0.15) is 25.5 Å². The molecule has 2 N–H and O–H groups in total. The summed E-state index contributed by atoms with van der Waals surface area (Å²) in [5.41, 5.74) is 0.794. The Balaban J connectivity index is 2.64. The highest BCUT2D eigenvalue weighted by Crippen LogP contribution is 2.18. The van der Waals surface area contributed by atoms with Crippen molar-refractivity contribution in [2.75, 3.05) is 0 Å². The van der Waals surface area contributed by atoms with Crippen LogP contribution in [0.4, 0.5) is 8.78 Å². The first-order valence-electron chi connectivity index (χ1n) is 4.84. The number of phenolic OH excluding ortho intramolecular Hbond substituents is 1.